The second-order valence-electron chi connectivity index (χ2n) is 4.73. The molecule has 0 aromatic heterocycles. The smallest absolute Gasteiger partial charge is 0.379 e. The van der Waals surface area contributed by atoms with Crippen LogP contribution in [0, 0.1) is 5.92 Å². The van der Waals surface area contributed by atoms with Crippen molar-refractivity contribution >= 4 is 5.91 Å². The van der Waals surface area contributed by atoms with Crippen LogP contribution in [0.4, 0.5) is 13.2 Å². The first-order valence-electron chi connectivity index (χ1n) is 5.62. The van der Waals surface area contributed by atoms with Crippen LogP contribution in [0.1, 0.15) is 12.8 Å². The first-order chi connectivity index (χ1) is 7.83. The van der Waals surface area contributed by atoms with Gasteiger partial charge in [-0.2, -0.15) is 13.2 Å². The van der Waals surface area contributed by atoms with E-state index in [9.17, 15) is 23.1 Å². The number of amides is 1. The lowest BCUT2D eigenvalue weighted by Gasteiger charge is -2.26. The number of nitrogens with zero attached hydrogens (tertiary/aromatic N) is 1. The average Bonchev–Trinajstić information content (AvgIpc) is 2.84. The molecule has 17 heavy (non-hydrogen) atoms. The molecule has 2 N–H and O–H groups in total. The van der Waals surface area contributed by atoms with Crippen molar-refractivity contribution in [1.29, 1.82) is 0 Å². The summed E-state index contributed by atoms with van der Waals surface area (Å²) in [5.74, 6) is -0.527. The Kier molecular flexibility index (Phi) is 3.07. The zero-order valence-corrected chi connectivity index (χ0v) is 9.26. The Labute approximate surface area is 96.8 Å². The lowest BCUT2D eigenvalue weighted by molar-refractivity contribution is -0.253. The van der Waals surface area contributed by atoms with Crippen LogP contribution in [0.25, 0.3) is 0 Å². The molecule has 2 aliphatic rings. The summed E-state index contributed by atoms with van der Waals surface area (Å²) in [7, 11) is 0. The number of nitrogens with one attached hydrogen (secondary N) is 1. The van der Waals surface area contributed by atoms with E-state index in [0.717, 1.165) is 4.90 Å². The molecule has 4 nitrogen and oxygen atoms in total. The van der Waals surface area contributed by atoms with Gasteiger partial charge in [-0.3, -0.25) is 4.79 Å². The molecule has 0 aliphatic carbocycles. The highest BCUT2D eigenvalue weighted by Crippen LogP contribution is 2.38. The molecule has 0 bridgehead atoms. The minimum atomic E-state index is -4.67. The molecule has 1 amide bonds. The highest BCUT2D eigenvalue weighted by atomic mass is 19.4. The number of carbonyl (C=O) groups is 1. The monoisotopic (exact) mass is 252 g/mol. The van der Waals surface area contributed by atoms with E-state index in [1.165, 1.54) is 0 Å². The summed E-state index contributed by atoms with van der Waals surface area (Å²) in [6.45, 7) is 0.574. The third-order valence-electron chi connectivity index (χ3n) is 3.50. The van der Waals surface area contributed by atoms with E-state index in [2.05, 4.69) is 5.32 Å². The van der Waals surface area contributed by atoms with E-state index >= 15 is 0 Å². The minimum absolute atomic E-state index is 0.0225. The van der Waals surface area contributed by atoms with Crippen molar-refractivity contribution in [3.05, 3.63) is 0 Å². The molecule has 2 saturated heterocycles. The van der Waals surface area contributed by atoms with Gasteiger partial charge in [-0.25, -0.2) is 0 Å². The zero-order valence-electron chi connectivity index (χ0n) is 9.26. The second kappa shape index (κ2) is 4.13. The number of likely N-dealkylation sites (tertiary alicyclic amines) is 1. The summed E-state index contributed by atoms with van der Waals surface area (Å²) in [6.07, 6.45) is -4.45. The Morgan fingerprint density at radius 1 is 1.47 bits per heavy atom. The van der Waals surface area contributed by atoms with Crippen LogP contribution in [0.5, 0.6) is 0 Å². The van der Waals surface area contributed by atoms with Gasteiger partial charge in [0, 0.05) is 19.5 Å². The number of rotatable bonds is 1. The summed E-state index contributed by atoms with van der Waals surface area (Å²) in [5, 5.41) is 12.5. The number of aliphatic hydroxyl groups is 1. The van der Waals surface area contributed by atoms with Crippen LogP contribution in [-0.2, 0) is 4.79 Å². The quantitative estimate of drug-likeness (QED) is 0.697. The molecule has 7 heteroatoms. The number of hydrogen-bond donors (Lipinski definition) is 2. The van der Waals surface area contributed by atoms with Crippen molar-refractivity contribution in [2.45, 2.75) is 24.6 Å². The van der Waals surface area contributed by atoms with Crippen molar-refractivity contribution in [1.82, 2.24) is 10.2 Å². The third kappa shape index (κ3) is 2.26. The highest BCUT2D eigenvalue weighted by molar-refractivity contribution is 5.79. The number of alkyl halides is 3. The summed E-state index contributed by atoms with van der Waals surface area (Å²) in [6, 6.07) is 0. The molecular weight excluding hydrogens is 237 g/mol. The molecule has 0 spiro atoms. The third-order valence-corrected chi connectivity index (χ3v) is 3.50. The van der Waals surface area contributed by atoms with Gasteiger partial charge >= 0.3 is 6.18 Å². The van der Waals surface area contributed by atoms with Crippen LogP contribution in [0.2, 0.25) is 0 Å². The fourth-order valence-electron chi connectivity index (χ4n) is 2.34. The fourth-order valence-corrected chi connectivity index (χ4v) is 2.34. The Morgan fingerprint density at radius 3 is 2.65 bits per heavy atom. The van der Waals surface area contributed by atoms with Gasteiger partial charge in [-0.15, -0.1) is 0 Å². The Balaban J connectivity index is 2.00. The first-order valence-corrected chi connectivity index (χ1v) is 5.62. The summed E-state index contributed by atoms with van der Waals surface area (Å²) in [5.41, 5.74) is -2.73. The van der Waals surface area contributed by atoms with Crippen LogP contribution in [0.15, 0.2) is 0 Å². The average molecular weight is 252 g/mol. The standard InChI is InChI=1S/C10H15F3N2O2/c11-10(12,13)9(17)2-4-15(6-9)8(16)7-1-3-14-5-7/h7,14,17H,1-6H2/t7-,9+/m0/s1. The Bertz CT molecular complexity index is 315. The SMILES string of the molecule is O=C([C@H]1CCNC1)N1CC[C@](O)(C(F)(F)F)C1. The molecular formula is C10H15F3N2O2. The van der Waals surface area contributed by atoms with Crippen LogP contribution < -0.4 is 5.32 Å². The van der Waals surface area contributed by atoms with Gasteiger partial charge in [-0.05, 0) is 13.0 Å². The van der Waals surface area contributed by atoms with E-state index in [1.54, 1.807) is 0 Å². The van der Waals surface area contributed by atoms with Crippen molar-refractivity contribution in [2.24, 2.45) is 5.92 Å². The Morgan fingerprint density at radius 2 is 2.18 bits per heavy atom. The van der Waals surface area contributed by atoms with Gasteiger partial charge in [0.05, 0.1) is 12.5 Å². The molecule has 0 aromatic carbocycles. The van der Waals surface area contributed by atoms with E-state index in [1.807, 2.05) is 0 Å². The molecule has 0 radical (unpaired) electrons. The maximum atomic E-state index is 12.6. The normalized spacial score (nSPS) is 34.4. The van der Waals surface area contributed by atoms with E-state index in [-0.39, 0.29) is 18.4 Å². The summed E-state index contributed by atoms with van der Waals surface area (Å²) >= 11 is 0. The first kappa shape index (κ1) is 12.6. The van der Waals surface area contributed by atoms with Gasteiger partial charge in [-0.1, -0.05) is 0 Å². The van der Waals surface area contributed by atoms with E-state index in [0.29, 0.717) is 19.5 Å². The molecule has 2 rings (SSSR count). The number of hydrogen-bond acceptors (Lipinski definition) is 3. The molecule has 98 valence electrons. The van der Waals surface area contributed by atoms with Crippen molar-refractivity contribution in [3.8, 4) is 0 Å². The number of halogens is 3. The van der Waals surface area contributed by atoms with Crippen molar-refractivity contribution in [3.63, 3.8) is 0 Å². The molecule has 2 heterocycles. The Hall–Kier alpha value is -0.820. The largest absolute Gasteiger partial charge is 0.419 e. The van der Waals surface area contributed by atoms with Crippen molar-refractivity contribution in [2.75, 3.05) is 26.2 Å². The van der Waals surface area contributed by atoms with E-state index < -0.39 is 24.7 Å². The highest BCUT2D eigenvalue weighted by Gasteiger charge is 2.58. The molecule has 2 atom stereocenters. The maximum Gasteiger partial charge on any atom is 0.419 e. The summed E-state index contributed by atoms with van der Waals surface area (Å²) < 4.78 is 37.7. The molecule has 0 aromatic rings. The van der Waals surface area contributed by atoms with Gasteiger partial charge in [0.15, 0.2) is 5.60 Å². The molecule has 2 fully saturated rings. The fraction of sp³-hybridized carbons (Fsp3) is 0.900. The topological polar surface area (TPSA) is 52.6 Å². The van der Waals surface area contributed by atoms with Crippen molar-refractivity contribution < 1.29 is 23.1 Å². The second-order valence-corrected chi connectivity index (χ2v) is 4.73. The summed E-state index contributed by atoms with van der Waals surface area (Å²) in [4.78, 5) is 13.0. The predicted octanol–water partition coefficient (Wildman–Crippen LogP) is 0.122. The number of carbonyl (C=O) groups excluding carboxylic acids is 1. The predicted molar refractivity (Wildman–Crippen MR) is 53.2 cm³/mol. The maximum absolute atomic E-state index is 12.6. The van der Waals surface area contributed by atoms with Gasteiger partial charge < -0.3 is 15.3 Å². The van der Waals surface area contributed by atoms with E-state index in [4.69, 9.17) is 0 Å². The van der Waals surface area contributed by atoms with Gasteiger partial charge in [0.25, 0.3) is 0 Å². The minimum Gasteiger partial charge on any atom is -0.379 e. The molecule has 2 aliphatic heterocycles. The van der Waals surface area contributed by atoms with Crippen LogP contribution in [-0.4, -0.2) is 53.9 Å². The zero-order chi connectivity index (χ0) is 12.7. The number of β-amino-alcohol motifs (C(OH)–C–C–N with tert-alkyl or cyclic N) is 1. The lowest BCUT2D eigenvalue weighted by Crippen LogP contribution is -2.48. The van der Waals surface area contributed by atoms with Gasteiger partial charge in [0.1, 0.15) is 0 Å². The van der Waals surface area contributed by atoms with Crippen LogP contribution in [0.3, 0.4) is 0 Å². The molecule has 0 saturated carbocycles. The lowest BCUT2D eigenvalue weighted by atomic mass is 10.0. The van der Waals surface area contributed by atoms with Gasteiger partial charge in [0.2, 0.25) is 5.91 Å². The van der Waals surface area contributed by atoms with Crippen LogP contribution >= 0.6 is 0 Å². The molecule has 0 unspecified atom stereocenters.